The zero-order valence-corrected chi connectivity index (χ0v) is 9.70. The number of hydrogen-bond donors (Lipinski definition) is 0. The Bertz CT molecular complexity index is 267. The number of rotatable bonds is 4. The summed E-state index contributed by atoms with van der Waals surface area (Å²) in [5.74, 6) is 0. The number of likely N-dealkylation sites (tertiary alicyclic amines) is 1. The molecule has 15 heavy (non-hydrogen) atoms. The summed E-state index contributed by atoms with van der Waals surface area (Å²) in [7, 11) is 0. The van der Waals surface area contributed by atoms with Gasteiger partial charge in [-0.25, -0.2) is 4.79 Å². The summed E-state index contributed by atoms with van der Waals surface area (Å²) in [6, 6.07) is 1.06. The summed E-state index contributed by atoms with van der Waals surface area (Å²) in [4.78, 5) is 16.2. The Labute approximate surface area is 91.9 Å². The van der Waals surface area contributed by atoms with Crippen molar-refractivity contribution in [3.8, 4) is 0 Å². The van der Waals surface area contributed by atoms with Crippen LogP contribution in [-0.4, -0.2) is 29.6 Å². The van der Waals surface area contributed by atoms with Gasteiger partial charge >= 0.3 is 0 Å². The minimum Gasteiger partial charge on any atom is -0.298 e. The number of isocyanates is 1. The zero-order chi connectivity index (χ0) is 11.3. The molecular weight excluding hydrogens is 188 g/mol. The first kappa shape index (κ1) is 12.2. The lowest BCUT2D eigenvalue weighted by molar-refractivity contribution is 0.111. The topological polar surface area (TPSA) is 32.7 Å². The second-order valence-corrected chi connectivity index (χ2v) is 4.45. The maximum absolute atomic E-state index is 10.1. The largest absolute Gasteiger partial charge is 0.298 e. The third-order valence-corrected chi connectivity index (χ3v) is 3.01. The fourth-order valence-electron chi connectivity index (χ4n) is 2.30. The van der Waals surface area contributed by atoms with Crippen LogP contribution in [0.15, 0.2) is 17.3 Å². The fourth-order valence-corrected chi connectivity index (χ4v) is 2.30. The van der Waals surface area contributed by atoms with Gasteiger partial charge in [-0.15, -0.1) is 0 Å². The molecular formula is C12H20N2O. The predicted molar refractivity (Wildman–Crippen MR) is 61.4 cm³/mol. The van der Waals surface area contributed by atoms with Gasteiger partial charge in [0.1, 0.15) is 0 Å². The van der Waals surface area contributed by atoms with Crippen LogP contribution in [0.4, 0.5) is 0 Å². The van der Waals surface area contributed by atoms with Crippen molar-refractivity contribution < 1.29 is 4.79 Å². The van der Waals surface area contributed by atoms with Crippen LogP contribution in [0.2, 0.25) is 0 Å². The molecule has 1 fully saturated rings. The van der Waals surface area contributed by atoms with Crippen molar-refractivity contribution in [3.05, 3.63) is 12.3 Å². The molecule has 1 unspecified atom stereocenters. The fraction of sp³-hybridized carbons (Fsp3) is 0.750. The number of hydrogen-bond acceptors (Lipinski definition) is 3. The summed E-state index contributed by atoms with van der Waals surface area (Å²) in [6.07, 6.45) is 6.09. The second kappa shape index (κ2) is 5.84. The molecule has 0 amide bonds. The number of aliphatic imine (C=N–C) groups is 1. The van der Waals surface area contributed by atoms with E-state index < -0.39 is 0 Å². The Balaban J connectivity index is 2.56. The maximum Gasteiger partial charge on any atom is 0.240 e. The van der Waals surface area contributed by atoms with Crippen molar-refractivity contribution >= 4 is 6.08 Å². The van der Waals surface area contributed by atoms with E-state index in [-0.39, 0.29) is 0 Å². The minimum absolute atomic E-state index is 0.503. The molecule has 1 rings (SSSR count). The molecule has 0 aliphatic carbocycles. The zero-order valence-electron chi connectivity index (χ0n) is 9.70. The summed E-state index contributed by atoms with van der Waals surface area (Å²) in [5, 5.41) is 0. The van der Waals surface area contributed by atoms with Crippen molar-refractivity contribution in [1.29, 1.82) is 0 Å². The van der Waals surface area contributed by atoms with E-state index in [0.717, 1.165) is 13.0 Å². The first-order chi connectivity index (χ1) is 7.15. The Hall–Kier alpha value is -0.920. The molecule has 0 radical (unpaired) electrons. The average molecular weight is 208 g/mol. The van der Waals surface area contributed by atoms with Crippen molar-refractivity contribution in [2.75, 3.05) is 6.54 Å². The van der Waals surface area contributed by atoms with Gasteiger partial charge in [-0.3, -0.25) is 4.90 Å². The van der Waals surface area contributed by atoms with Crippen molar-refractivity contribution in [2.45, 2.75) is 51.6 Å². The molecule has 1 saturated heterocycles. The highest BCUT2D eigenvalue weighted by Gasteiger charge is 2.24. The molecule has 0 bridgehead atoms. The smallest absolute Gasteiger partial charge is 0.240 e. The first-order valence-corrected chi connectivity index (χ1v) is 5.66. The SMILES string of the molecule is C=C(CC1CCCCN1C(C)C)N=C=O. The Morgan fingerprint density at radius 3 is 2.93 bits per heavy atom. The molecule has 0 aromatic carbocycles. The van der Waals surface area contributed by atoms with Crippen LogP contribution in [0, 0.1) is 0 Å². The van der Waals surface area contributed by atoms with Crippen LogP contribution in [0.25, 0.3) is 0 Å². The van der Waals surface area contributed by atoms with Crippen molar-refractivity contribution in [1.82, 2.24) is 4.90 Å². The monoisotopic (exact) mass is 208 g/mol. The molecule has 1 aliphatic rings. The van der Waals surface area contributed by atoms with Gasteiger partial charge in [0, 0.05) is 24.2 Å². The highest BCUT2D eigenvalue weighted by molar-refractivity contribution is 5.36. The van der Waals surface area contributed by atoms with Crippen LogP contribution in [0.5, 0.6) is 0 Å². The van der Waals surface area contributed by atoms with E-state index in [0.29, 0.717) is 17.8 Å². The maximum atomic E-state index is 10.1. The molecule has 3 nitrogen and oxygen atoms in total. The van der Waals surface area contributed by atoms with Gasteiger partial charge in [-0.2, -0.15) is 4.99 Å². The molecule has 0 saturated carbocycles. The third-order valence-electron chi connectivity index (χ3n) is 3.01. The van der Waals surface area contributed by atoms with Crippen LogP contribution in [0.3, 0.4) is 0 Å². The standard InChI is InChI=1S/C12H20N2O/c1-10(2)14-7-5-4-6-12(14)8-11(3)13-9-15/h10,12H,3-8H2,1-2H3. The molecule has 1 aliphatic heterocycles. The molecule has 0 aromatic rings. The van der Waals surface area contributed by atoms with Crippen LogP contribution in [-0.2, 0) is 4.79 Å². The summed E-state index contributed by atoms with van der Waals surface area (Å²) >= 11 is 0. The van der Waals surface area contributed by atoms with Gasteiger partial charge in [0.25, 0.3) is 0 Å². The minimum atomic E-state index is 0.503. The summed E-state index contributed by atoms with van der Waals surface area (Å²) < 4.78 is 0. The normalized spacial score (nSPS) is 22.5. The second-order valence-electron chi connectivity index (χ2n) is 4.45. The van der Waals surface area contributed by atoms with Crippen LogP contribution >= 0.6 is 0 Å². The molecule has 0 N–H and O–H groups in total. The van der Waals surface area contributed by atoms with E-state index in [9.17, 15) is 4.79 Å². The van der Waals surface area contributed by atoms with Crippen LogP contribution < -0.4 is 0 Å². The van der Waals surface area contributed by atoms with E-state index >= 15 is 0 Å². The lowest BCUT2D eigenvalue weighted by atomic mass is 9.97. The number of carbonyl (C=O) groups excluding carboxylic acids is 1. The molecule has 0 spiro atoms. The Morgan fingerprint density at radius 2 is 2.33 bits per heavy atom. The van der Waals surface area contributed by atoms with E-state index in [1.165, 1.54) is 19.3 Å². The quantitative estimate of drug-likeness (QED) is 0.525. The van der Waals surface area contributed by atoms with Crippen molar-refractivity contribution in [3.63, 3.8) is 0 Å². The molecule has 1 atom stereocenters. The van der Waals surface area contributed by atoms with E-state index in [1.807, 2.05) is 0 Å². The molecule has 84 valence electrons. The van der Waals surface area contributed by atoms with Gasteiger partial charge in [0.05, 0.1) is 0 Å². The van der Waals surface area contributed by atoms with Gasteiger partial charge in [0.2, 0.25) is 6.08 Å². The van der Waals surface area contributed by atoms with Gasteiger partial charge in [0.15, 0.2) is 0 Å². The van der Waals surface area contributed by atoms with E-state index in [4.69, 9.17) is 0 Å². The molecule has 0 aromatic heterocycles. The van der Waals surface area contributed by atoms with Gasteiger partial charge in [-0.05, 0) is 33.2 Å². The summed E-state index contributed by atoms with van der Waals surface area (Å²) in [6.45, 7) is 9.35. The first-order valence-electron chi connectivity index (χ1n) is 5.66. The third kappa shape index (κ3) is 3.61. The number of nitrogens with zero attached hydrogens (tertiary/aromatic N) is 2. The van der Waals surface area contributed by atoms with Crippen molar-refractivity contribution in [2.24, 2.45) is 4.99 Å². The highest BCUT2D eigenvalue weighted by atomic mass is 16.1. The predicted octanol–water partition coefficient (Wildman–Crippen LogP) is 2.49. The average Bonchev–Trinajstić information content (AvgIpc) is 2.18. The number of piperidine rings is 1. The Morgan fingerprint density at radius 1 is 1.60 bits per heavy atom. The van der Waals surface area contributed by atoms with E-state index in [2.05, 4.69) is 30.3 Å². The molecule has 3 heteroatoms. The highest BCUT2D eigenvalue weighted by Crippen LogP contribution is 2.24. The summed E-state index contributed by atoms with van der Waals surface area (Å²) in [5.41, 5.74) is 0.655. The van der Waals surface area contributed by atoms with Gasteiger partial charge in [-0.1, -0.05) is 13.0 Å². The Kier molecular flexibility index (Phi) is 4.73. The van der Waals surface area contributed by atoms with Gasteiger partial charge < -0.3 is 0 Å². The lowest BCUT2D eigenvalue weighted by Crippen LogP contribution is -2.43. The lowest BCUT2D eigenvalue weighted by Gasteiger charge is -2.38. The van der Waals surface area contributed by atoms with E-state index in [1.54, 1.807) is 6.08 Å². The molecule has 1 heterocycles. The van der Waals surface area contributed by atoms with Crippen LogP contribution in [0.1, 0.15) is 39.5 Å².